The van der Waals surface area contributed by atoms with Gasteiger partial charge in [-0.05, 0) is 42.5 Å². The van der Waals surface area contributed by atoms with Crippen molar-refractivity contribution in [1.82, 2.24) is 10.2 Å². The van der Waals surface area contributed by atoms with Gasteiger partial charge in [0.25, 0.3) is 0 Å². The molecule has 5 nitrogen and oxygen atoms in total. The third kappa shape index (κ3) is 4.07. The Morgan fingerprint density at radius 2 is 1.93 bits per heavy atom. The highest BCUT2D eigenvalue weighted by Gasteiger charge is 2.40. The largest absolute Gasteiger partial charge is 0.371 e. The fourth-order valence-corrected chi connectivity index (χ4v) is 4.46. The molecule has 2 fully saturated rings. The first-order chi connectivity index (χ1) is 14.4. The maximum absolute atomic E-state index is 12.8. The fraction of sp³-hybridized carbons (Fsp3) is 0.440. The van der Waals surface area contributed by atoms with Crippen LogP contribution in [0.3, 0.4) is 0 Å². The summed E-state index contributed by atoms with van der Waals surface area (Å²) in [5.41, 5.74) is 3.31. The number of nitrogens with zero attached hydrogens (tertiary/aromatic N) is 2. The molecule has 2 aromatic carbocycles. The van der Waals surface area contributed by atoms with E-state index in [1.54, 1.807) is 4.90 Å². The van der Waals surface area contributed by atoms with Crippen LogP contribution < -0.4 is 10.2 Å². The Morgan fingerprint density at radius 3 is 2.63 bits per heavy atom. The SMILES string of the molecule is CC(C)[C@]1(C)CC(=O)N(Cc2cccc(N3CCC(c4ccccc4)C3)c2)C(=N)N1. The standard InChI is InChI=1S/C25H32N4O/c1-18(2)25(3)15-23(30)29(24(26)27-25)16-19-8-7-11-22(14-19)28-13-12-21(17-28)20-9-5-4-6-10-20/h4-11,14,18,21H,12-13,15-17H2,1-3H3,(H2,26,27)/t21?,25-/m0/s1. The molecule has 2 atom stereocenters. The third-order valence-electron chi connectivity index (χ3n) is 6.84. The molecule has 2 heterocycles. The van der Waals surface area contributed by atoms with Gasteiger partial charge in [-0.1, -0.05) is 56.3 Å². The fourth-order valence-electron chi connectivity index (χ4n) is 4.46. The van der Waals surface area contributed by atoms with Crippen molar-refractivity contribution in [2.45, 2.75) is 51.6 Å². The van der Waals surface area contributed by atoms with Crippen molar-refractivity contribution in [1.29, 1.82) is 5.41 Å². The lowest BCUT2D eigenvalue weighted by Crippen LogP contribution is -2.62. The first-order valence-electron chi connectivity index (χ1n) is 10.9. The lowest BCUT2D eigenvalue weighted by molar-refractivity contribution is -0.131. The molecule has 4 rings (SSSR count). The van der Waals surface area contributed by atoms with Crippen LogP contribution >= 0.6 is 0 Å². The number of hydrogen-bond donors (Lipinski definition) is 2. The summed E-state index contributed by atoms with van der Waals surface area (Å²) in [4.78, 5) is 16.8. The second-order valence-corrected chi connectivity index (χ2v) is 9.21. The molecular weight excluding hydrogens is 372 g/mol. The average molecular weight is 405 g/mol. The van der Waals surface area contributed by atoms with Crippen LogP contribution in [-0.4, -0.2) is 35.4 Å². The summed E-state index contributed by atoms with van der Waals surface area (Å²) in [6, 6.07) is 19.2. The van der Waals surface area contributed by atoms with Crippen LogP contribution in [-0.2, 0) is 11.3 Å². The van der Waals surface area contributed by atoms with Crippen LogP contribution in [0.25, 0.3) is 0 Å². The zero-order valence-corrected chi connectivity index (χ0v) is 18.2. The van der Waals surface area contributed by atoms with Gasteiger partial charge in [-0.25, -0.2) is 0 Å². The van der Waals surface area contributed by atoms with E-state index in [0.717, 1.165) is 25.1 Å². The quantitative estimate of drug-likeness (QED) is 0.779. The van der Waals surface area contributed by atoms with Crippen molar-refractivity contribution in [2.24, 2.45) is 5.92 Å². The highest BCUT2D eigenvalue weighted by molar-refractivity contribution is 5.99. The van der Waals surface area contributed by atoms with E-state index in [1.165, 1.54) is 11.3 Å². The summed E-state index contributed by atoms with van der Waals surface area (Å²) in [6.45, 7) is 8.69. The highest BCUT2D eigenvalue weighted by atomic mass is 16.2. The van der Waals surface area contributed by atoms with Gasteiger partial charge in [0.1, 0.15) is 0 Å². The van der Waals surface area contributed by atoms with Gasteiger partial charge in [0.15, 0.2) is 5.96 Å². The number of guanidine groups is 1. The normalized spacial score (nSPS) is 24.5. The zero-order chi connectivity index (χ0) is 21.3. The number of benzene rings is 2. The summed E-state index contributed by atoms with van der Waals surface area (Å²) in [5.74, 6) is 1.06. The summed E-state index contributed by atoms with van der Waals surface area (Å²) in [7, 11) is 0. The van der Waals surface area contributed by atoms with E-state index in [1.807, 2.05) is 13.0 Å². The average Bonchev–Trinajstić information content (AvgIpc) is 3.22. The molecule has 0 aliphatic carbocycles. The van der Waals surface area contributed by atoms with Crippen molar-refractivity contribution in [3.8, 4) is 0 Å². The number of amides is 1. The van der Waals surface area contributed by atoms with E-state index in [-0.39, 0.29) is 23.3 Å². The van der Waals surface area contributed by atoms with Crippen LogP contribution in [0.2, 0.25) is 0 Å². The van der Waals surface area contributed by atoms with E-state index in [9.17, 15) is 4.79 Å². The summed E-state index contributed by atoms with van der Waals surface area (Å²) >= 11 is 0. The minimum atomic E-state index is -0.353. The van der Waals surface area contributed by atoms with Crippen LogP contribution in [0, 0.1) is 11.3 Å². The Bertz CT molecular complexity index is 906. The van der Waals surface area contributed by atoms with Gasteiger partial charge in [-0.15, -0.1) is 0 Å². The molecule has 2 N–H and O–H groups in total. The first-order valence-corrected chi connectivity index (χ1v) is 10.9. The topological polar surface area (TPSA) is 59.4 Å². The van der Waals surface area contributed by atoms with Crippen LogP contribution in [0.15, 0.2) is 54.6 Å². The molecule has 0 aromatic heterocycles. The summed E-state index contributed by atoms with van der Waals surface area (Å²) in [5, 5.41) is 11.7. The minimum absolute atomic E-state index is 0.0191. The second-order valence-electron chi connectivity index (χ2n) is 9.21. The first kappa shape index (κ1) is 20.5. The molecule has 2 aliphatic rings. The lowest BCUT2D eigenvalue weighted by Gasteiger charge is -2.43. The molecule has 158 valence electrons. The highest BCUT2D eigenvalue weighted by Crippen LogP contribution is 2.32. The van der Waals surface area contributed by atoms with Gasteiger partial charge in [-0.2, -0.15) is 0 Å². The van der Waals surface area contributed by atoms with Crippen molar-refractivity contribution in [3.63, 3.8) is 0 Å². The lowest BCUT2D eigenvalue weighted by atomic mass is 9.83. The molecule has 1 amide bonds. The zero-order valence-electron chi connectivity index (χ0n) is 18.2. The molecular formula is C25H32N4O. The minimum Gasteiger partial charge on any atom is -0.371 e. The Hall–Kier alpha value is -2.82. The molecule has 2 saturated heterocycles. The second kappa shape index (κ2) is 8.13. The predicted octanol–water partition coefficient (Wildman–Crippen LogP) is 4.35. The van der Waals surface area contributed by atoms with E-state index < -0.39 is 0 Å². The number of carbonyl (C=O) groups excluding carboxylic acids is 1. The maximum Gasteiger partial charge on any atom is 0.231 e. The number of hydrogen-bond acceptors (Lipinski definition) is 3. The number of anilines is 1. The summed E-state index contributed by atoms with van der Waals surface area (Å²) < 4.78 is 0. The molecule has 30 heavy (non-hydrogen) atoms. The number of nitrogens with one attached hydrogen (secondary N) is 2. The monoisotopic (exact) mass is 404 g/mol. The molecule has 1 unspecified atom stereocenters. The number of carbonyl (C=O) groups is 1. The van der Waals surface area contributed by atoms with Crippen molar-refractivity contribution < 1.29 is 4.79 Å². The van der Waals surface area contributed by atoms with Crippen molar-refractivity contribution in [2.75, 3.05) is 18.0 Å². The molecule has 0 spiro atoms. The molecule has 0 radical (unpaired) electrons. The maximum atomic E-state index is 12.8. The Balaban J connectivity index is 1.44. The molecule has 5 heteroatoms. The van der Waals surface area contributed by atoms with Crippen molar-refractivity contribution >= 4 is 17.6 Å². The van der Waals surface area contributed by atoms with Crippen LogP contribution in [0.5, 0.6) is 0 Å². The Kier molecular flexibility index (Phi) is 5.54. The predicted molar refractivity (Wildman–Crippen MR) is 122 cm³/mol. The van der Waals surface area contributed by atoms with E-state index >= 15 is 0 Å². The third-order valence-corrected chi connectivity index (χ3v) is 6.84. The van der Waals surface area contributed by atoms with Crippen LogP contribution in [0.1, 0.15) is 50.7 Å². The van der Waals surface area contributed by atoms with Crippen molar-refractivity contribution in [3.05, 3.63) is 65.7 Å². The van der Waals surface area contributed by atoms with Crippen LogP contribution in [0.4, 0.5) is 5.69 Å². The number of rotatable bonds is 5. The molecule has 2 aromatic rings. The molecule has 0 saturated carbocycles. The Labute approximate surface area is 179 Å². The van der Waals surface area contributed by atoms with E-state index in [0.29, 0.717) is 18.9 Å². The Morgan fingerprint density at radius 1 is 1.17 bits per heavy atom. The van der Waals surface area contributed by atoms with Gasteiger partial charge < -0.3 is 10.2 Å². The summed E-state index contributed by atoms with van der Waals surface area (Å²) in [6.07, 6.45) is 1.57. The van der Waals surface area contributed by atoms with E-state index in [2.05, 4.69) is 72.6 Å². The van der Waals surface area contributed by atoms with Gasteiger partial charge in [0.2, 0.25) is 5.91 Å². The van der Waals surface area contributed by atoms with E-state index in [4.69, 9.17) is 5.41 Å². The smallest absolute Gasteiger partial charge is 0.231 e. The molecule has 0 bridgehead atoms. The van der Waals surface area contributed by atoms with Gasteiger partial charge in [0, 0.05) is 30.2 Å². The van der Waals surface area contributed by atoms with Gasteiger partial charge in [0.05, 0.1) is 13.0 Å². The van der Waals surface area contributed by atoms with Gasteiger partial charge in [-0.3, -0.25) is 15.1 Å². The molecule has 2 aliphatic heterocycles. The van der Waals surface area contributed by atoms with Gasteiger partial charge >= 0.3 is 0 Å².